The molecular formula is C24H29N5O4S. The number of ether oxygens (including phenoxy) is 3. The second-order valence-electron chi connectivity index (χ2n) is 8.60. The summed E-state index contributed by atoms with van der Waals surface area (Å²) in [6.45, 7) is 8.60. The predicted molar refractivity (Wildman–Crippen MR) is 134 cm³/mol. The van der Waals surface area contributed by atoms with Gasteiger partial charge in [-0.05, 0) is 38.1 Å². The van der Waals surface area contributed by atoms with Gasteiger partial charge in [-0.25, -0.2) is 9.97 Å². The van der Waals surface area contributed by atoms with Gasteiger partial charge in [-0.2, -0.15) is 0 Å². The summed E-state index contributed by atoms with van der Waals surface area (Å²) in [6, 6.07) is 7.53. The molecule has 9 nitrogen and oxygen atoms in total. The fourth-order valence-corrected chi connectivity index (χ4v) is 5.53. The number of hydrogen-bond acceptors (Lipinski definition) is 9. The molecule has 0 aliphatic carbocycles. The molecule has 0 bridgehead atoms. The van der Waals surface area contributed by atoms with E-state index in [4.69, 9.17) is 19.2 Å². The summed E-state index contributed by atoms with van der Waals surface area (Å²) in [7, 11) is 1.63. The monoisotopic (exact) mass is 483 g/mol. The first kappa shape index (κ1) is 22.8. The van der Waals surface area contributed by atoms with Crippen LogP contribution in [0.1, 0.15) is 24.2 Å². The van der Waals surface area contributed by atoms with E-state index >= 15 is 0 Å². The minimum Gasteiger partial charge on any atom is -0.494 e. The van der Waals surface area contributed by atoms with Gasteiger partial charge in [0, 0.05) is 37.9 Å². The van der Waals surface area contributed by atoms with Crippen molar-refractivity contribution in [1.29, 1.82) is 0 Å². The van der Waals surface area contributed by atoms with Gasteiger partial charge in [-0.1, -0.05) is 11.3 Å². The predicted octanol–water partition coefficient (Wildman–Crippen LogP) is 3.40. The lowest BCUT2D eigenvalue weighted by Gasteiger charge is -2.36. The summed E-state index contributed by atoms with van der Waals surface area (Å²) < 4.78 is 17.8. The highest BCUT2D eigenvalue weighted by atomic mass is 32.1. The number of benzene rings is 1. The molecule has 0 saturated carbocycles. The summed E-state index contributed by atoms with van der Waals surface area (Å²) in [6.07, 6.45) is 1.90. The molecule has 2 fully saturated rings. The van der Waals surface area contributed by atoms with Crippen LogP contribution in [0.25, 0.3) is 10.2 Å². The van der Waals surface area contributed by atoms with Crippen LogP contribution in [-0.4, -0.2) is 74.6 Å². The molecule has 2 unspecified atom stereocenters. The third kappa shape index (κ3) is 4.66. The Morgan fingerprint density at radius 3 is 2.65 bits per heavy atom. The Morgan fingerprint density at radius 2 is 1.91 bits per heavy atom. The molecular weight excluding hydrogens is 454 g/mol. The zero-order chi connectivity index (χ0) is 23.7. The average Bonchev–Trinajstić information content (AvgIpc) is 3.27. The third-order valence-corrected chi connectivity index (χ3v) is 7.02. The maximum absolute atomic E-state index is 13.1. The lowest BCUT2D eigenvalue weighted by molar-refractivity contribution is -0.00545. The number of carbonyl (C=O) groups excluding carboxylic acids is 1. The second-order valence-corrected chi connectivity index (χ2v) is 9.60. The fourth-order valence-electron chi connectivity index (χ4n) is 4.51. The average molecular weight is 484 g/mol. The standard InChI is InChI=1S/C24H29N5O4S/c1-15-13-29(14-16(2)33-15)20-12-17(6-7-25-20)23(30)27-24-26-21-19(31-3)5-4-18(22(21)34-24)28-8-10-32-11-9-28/h4-7,12,15-16H,8-11,13-14H2,1-3H3,(H,26,27,30). The number of pyridine rings is 1. The zero-order valence-electron chi connectivity index (χ0n) is 19.6. The number of rotatable bonds is 5. The third-order valence-electron chi connectivity index (χ3n) is 6.03. The summed E-state index contributed by atoms with van der Waals surface area (Å²) in [4.78, 5) is 26.8. The summed E-state index contributed by atoms with van der Waals surface area (Å²) in [5.41, 5.74) is 2.37. The van der Waals surface area contributed by atoms with E-state index in [2.05, 4.69) is 26.2 Å². The first-order chi connectivity index (χ1) is 16.5. The van der Waals surface area contributed by atoms with E-state index in [0.29, 0.717) is 29.7 Å². The Kier molecular flexibility index (Phi) is 6.53. The molecule has 180 valence electrons. The quantitative estimate of drug-likeness (QED) is 0.591. The Balaban J connectivity index is 1.39. The minimum atomic E-state index is -0.219. The van der Waals surface area contributed by atoms with E-state index < -0.39 is 0 Å². The van der Waals surface area contributed by atoms with Gasteiger partial charge in [-0.15, -0.1) is 0 Å². The Morgan fingerprint density at radius 1 is 1.15 bits per heavy atom. The van der Waals surface area contributed by atoms with Gasteiger partial charge in [0.05, 0.1) is 42.9 Å². The first-order valence-electron chi connectivity index (χ1n) is 11.5. The highest BCUT2D eigenvalue weighted by Gasteiger charge is 2.24. The van der Waals surface area contributed by atoms with E-state index in [1.807, 2.05) is 26.0 Å². The largest absolute Gasteiger partial charge is 0.494 e. The number of morpholine rings is 2. The lowest BCUT2D eigenvalue weighted by atomic mass is 10.2. The van der Waals surface area contributed by atoms with Gasteiger partial charge >= 0.3 is 0 Å². The molecule has 1 N–H and O–H groups in total. The Hall–Kier alpha value is -2.95. The van der Waals surface area contributed by atoms with Crippen LogP contribution in [0.4, 0.5) is 16.6 Å². The van der Waals surface area contributed by atoms with Crippen molar-refractivity contribution in [3.63, 3.8) is 0 Å². The molecule has 0 radical (unpaired) electrons. The minimum absolute atomic E-state index is 0.112. The van der Waals surface area contributed by atoms with Crippen LogP contribution < -0.4 is 19.9 Å². The fraction of sp³-hybridized carbons (Fsp3) is 0.458. The van der Waals surface area contributed by atoms with E-state index in [9.17, 15) is 4.79 Å². The van der Waals surface area contributed by atoms with Crippen LogP contribution in [0.5, 0.6) is 5.75 Å². The Labute approximate surface area is 202 Å². The van der Waals surface area contributed by atoms with E-state index in [1.165, 1.54) is 11.3 Å². The molecule has 3 aromatic rings. The zero-order valence-corrected chi connectivity index (χ0v) is 20.4. The van der Waals surface area contributed by atoms with Gasteiger partial charge in [0.25, 0.3) is 5.91 Å². The van der Waals surface area contributed by atoms with Crippen LogP contribution in [0, 0.1) is 0 Å². The number of nitrogens with zero attached hydrogens (tertiary/aromatic N) is 4. The molecule has 10 heteroatoms. The number of amides is 1. The van der Waals surface area contributed by atoms with E-state index in [-0.39, 0.29) is 18.1 Å². The number of methoxy groups -OCH3 is 1. The van der Waals surface area contributed by atoms with E-state index in [1.54, 1.807) is 19.4 Å². The molecule has 2 aliphatic heterocycles. The van der Waals surface area contributed by atoms with Crippen molar-refractivity contribution in [3.8, 4) is 5.75 Å². The van der Waals surface area contributed by atoms with Crippen molar-refractivity contribution in [1.82, 2.24) is 9.97 Å². The number of fused-ring (bicyclic) bond motifs is 1. The van der Waals surface area contributed by atoms with Gasteiger partial charge in [0.2, 0.25) is 0 Å². The van der Waals surface area contributed by atoms with Crippen LogP contribution >= 0.6 is 11.3 Å². The number of carbonyl (C=O) groups is 1. The number of nitrogens with one attached hydrogen (secondary N) is 1. The van der Waals surface area contributed by atoms with Gasteiger partial charge < -0.3 is 24.0 Å². The van der Waals surface area contributed by atoms with Crippen molar-refractivity contribution in [3.05, 3.63) is 36.0 Å². The molecule has 1 aromatic carbocycles. The molecule has 5 rings (SSSR count). The molecule has 2 saturated heterocycles. The van der Waals surface area contributed by atoms with Crippen molar-refractivity contribution < 1.29 is 19.0 Å². The van der Waals surface area contributed by atoms with Gasteiger partial charge in [-0.3, -0.25) is 10.1 Å². The molecule has 2 aliphatic rings. The van der Waals surface area contributed by atoms with Crippen molar-refractivity contribution in [2.75, 3.05) is 61.6 Å². The lowest BCUT2D eigenvalue weighted by Crippen LogP contribution is -2.45. The highest BCUT2D eigenvalue weighted by Crippen LogP contribution is 2.39. The van der Waals surface area contributed by atoms with Gasteiger partial charge in [0.15, 0.2) is 5.13 Å². The number of thiazole rings is 1. The maximum atomic E-state index is 13.1. The number of aromatic nitrogens is 2. The maximum Gasteiger partial charge on any atom is 0.257 e. The molecule has 34 heavy (non-hydrogen) atoms. The summed E-state index contributed by atoms with van der Waals surface area (Å²) in [5, 5.41) is 3.51. The SMILES string of the molecule is COc1ccc(N2CCOCC2)c2sc(NC(=O)c3ccnc(N4CC(C)OC(C)C4)c3)nc12. The molecule has 2 aromatic heterocycles. The summed E-state index contributed by atoms with van der Waals surface area (Å²) in [5.74, 6) is 1.24. The molecule has 0 spiro atoms. The topological polar surface area (TPSA) is 89.1 Å². The normalized spacial score (nSPS) is 21.0. The summed E-state index contributed by atoms with van der Waals surface area (Å²) >= 11 is 1.45. The van der Waals surface area contributed by atoms with Crippen LogP contribution in [0.15, 0.2) is 30.5 Å². The molecule has 1 amide bonds. The number of anilines is 3. The highest BCUT2D eigenvalue weighted by molar-refractivity contribution is 7.23. The van der Waals surface area contributed by atoms with Crippen LogP contribution in [0.3, 0.4) is 0 Å². The van der Waals surface area contributed by atoms with Crippen molar-refractivity contribution >= 4 is 44.1 Å². The second kappa shape index (κ2) is 9.73. The Bertz CT molecular complexity index is 1170. The van der Waals surface area contributed by atoms with Crippen LogP contribution in [-0.2, 0) is 9.47 Å². The number of hydrogen-bond donors (Lipinski definition) is 1. The van der Waals surface area contributed by atoms with Crippen molar-refractivity contribution in [2.24, 2.45) is 0 Å². The van der Waals surface area contributed by atoms with E-state index in [0.717, 1.165) is 47.9 Å². The van der Waals surface area contributed by atoms with Gasteiger partial charge in [0.1, 0.15) is 17.1 Å². The molecule has 4 heterocycles. The van der Waals surface area contributed by atoms with Crippen molar-refractivity contribution in [2.45, 2.75) is 26.1 Å². The molecule has 2 atom stereocenters. The van der Waals surface area contributed by atoms with Crippen LogP contribution in [0.2, 0.25) is 0 Å². The smallest absolute Gasteiger partial charge is 0.257 e. The first-order valence-corrected chi connectivity index (χ1v) is 12.3.